The molecule has 3 N–H and O–H groups in total. The number of aryl methyl sites for hydroxylation is 3. The van der Waals surface area contributed by atoms with Gasteiger partial charge in [-0.2, -0.15) is 0 Å². The van der Waals surface area contributed by atoms with Crippen LogP contribution in [0, 0.1) is 13.8 Å². The maximum Gasteiger partial charge on any atom is 0.193 e. The van der Waals surface area contributed by atoms with Crippen molar-refractivity contribution in [3.63, 3.8) is 0 Å². The summed E-state index contributed by atoms with van der Waals surface area (Å²) in [6, 6.07) is 6.49. The van der Waals surface area contributed by atoms with Crippen LogP contribution in [-0.2, 0) is 13.0 Å². The molecule has 0 saturated heterocycles. The summed E-state index contributed by atoms with van der Waals surface area (Å²) >= 11 is 0. The topological polar surface area (TPSA) is 68.2 Å². The number of imidazole rings is 1. The number of halogens is 1. The average Bonchev–Trinajstić information content (AvgIpc) is 2.84. The molecule has 22 heavy (non-hydrogen) atoms. The lowest BCUT2D eigenvalue weighted by Crippen LogP contribution is -2.29. The Balaban J connectivity index is 0.00000176. The molecule has 0 bridgehead atoms. The van der Waals surface area contributed by atoms with Crippen molar-refractivity contribution in [2.45, 2.75) is 39.3 Å². The molecule has 1 atom stereocenters. The summed E-state index contributed by atoms with van der Waals surface area (Å²) in [6.07, 6.45) is 5.71. The predicted octanol–water partition coefficient (Wildman–Crippen LogP) is 2.86. The molecule has 2 aromatic rings. The Bertz CT molecular complexity index is 657. The van der Waals surface area contributed by atoms with E-state index < -0.39 is 0 Å². The van der Waals surface area contributed by atoms with Crippen molar-refractivity contribution in [3.8, 4) is 0 Å². The molecule has 0 saturated carbocycles. The van der Waals surface area contributed by atoms with Gasteiger partial charge in [-0.05, 0) is 43.5 Å². The highest BCUT2D eigenvalue weighted by Gasteiger charge is 2.18. The number of fused-ring (bicyclic) bond motifs is 1. The van der Waals surface area contributed by atoms with Crippen LogP contribution in [0.15, 0.2) is 35.6 Å². The second kappa shape index (κ2) is 7.13. The van der Waals surface area contributed by atoms with Crippen molar-refractivity contribution in [1.29, 1.82) is 0 Å². The molecule has 1 aliphatic heterocycles. The van der Waals surface area contributed by atoms with Gasteiger partial charge < -0.3 is 15.6 Å². The first-order chi connectivity index (χ1) is 10.1. The lowest BCUT2D eigenvalue weighted by Gasteiger charge is -2.20. The Labute approximate surface area is 148 Å². The van der Waals surface area contributed by atoms with Gasteiger partial charge in [0.1, 0.15) is 5.82 Å². The summed E-state index contributed by atoms with van der Waals surface area (Å²) in [4.78, 5) is 8.95. The third kappa shape index (κ3) is 4.00. The van der Waals surface area contributed by atoms with E-state index in [-0.39, 0.29) is 30.0 Å². The third-order valence-corrected chi connectivity index (χ3v) is 3.74. The molecule has 0 amide bonds. The van der Waals surface area contributed by atoms with Gasteiger partial charge in [0.15, 0.2) is 5.96 Å². The first kappa shape index (κ1) is 16.8. The van der Waals surface area contributed by atoms with Crippen molar-refractivity contribution in [2.24, 2.45) is 10.7 Å². The fraction of sp³-hybridized carbons (Fsp3) is 0.375. The van der Waals surface area contributed by atoms with Gasteiger partial charge in [0.2, 0.25) is 0 Å². The highest BCUT2D eigenvalue weighted by molar-refractivity contribution is 14.0. The molecule has 1 aliphatic rings. The lowest BCUT2D eigenvalue weighted by molar-refractivity contribution is 0.465. The highest BCUT2D eigenvalue weighted by atomic mass is 127. The van der Waals surface area contributed by atoms with Crippen LogP contribution in [0.3, 0.4) is 0 Å². The van der Waals surface area contributed by atoms with E-state index in [2.05, 4.69) is 51.9 Å². The average molecular weight is 411 g/mol. The Morgan fingerprint density at radius 3 is 2.77 bits per heavy atom. The second-order valence-corrected chi connectivity index (χ2v) is 5.70. The largest absolute Gasteiger partial charge is 0.370 e. The number of aromatic nitrogens is 2. The fourth-order valence-electron chi connectivity index (χ4n) is 2.87. The molecule has 0 radical (unpaired) electrons. The molecule has 1 unspecified atom stereocenters. The number of benzene rings is 1. The van der Waals surface area contributed by atoms with E-state index in [0.717, 1.165) is 30.9 Å². The third-order valence-electron chi connectivity index (χ3n) is 3.74. The van der Waals surface area contributed by atoms with Crippen molar-refractivity contribution in [3.05, 3.63) is 47.5 Å². The smallest absolute Gasteiger partial charge is 0.193 e. The van der Waals surface area contributed by atoms with E-state index in [0.29, 0.717) is 5.96 Å². The van der Waals surface area contributed by atoms with Gasteiger partial charge in [0, 0.05) is 31.0 Å². The van der Waals surface area contributed by atoms with Crippen LogP contribution in [-0.4, -0.2) is 21.6 Å². The summed E-state index contributed by atoms with van der Waals surface area (Å²) in [5.41, 5.74) is 9.46. The molecular formula is C16H22IN5. The Kier molecular flexibility index (Phi) is 5.44. The van der Waals surface area contributed by atoms with E-state index in [1.807, 2.05) is 12.4 Å². The predicted molar refractivity (Wildman–Crippen MR) is 101 cm³/mol. The Morgan fingerprint density at radius 1 is 1.32 bits per heavy atom. The van der Waals surface area contributed by atoms with Crippen LogP contribution in [0.2, 0.25) is 0 Å². The molecule has 0 fully saturated rings. The summed E-state index contributed by atoms with van der Waals surface area (Å²) in [5, 5.41) is 3.19. The highest BCUT2D eigenvalue weighted by Crippen LogP contribution is 2.17. The zero-order chi connectivity index (χ0) is 14.8. The van der Waals surface area contributed by atoms with E-state index in [1.165, 1.54) is 11.1 Å². The SMILES string of the molecule is Cc1cc(C)cc(NC(N)=NC2CCn3ccnc3C2)c1.I. The lowest BCUT2D eigenvalue weighted by atomic mass is 10.1. The zero-order valence-electron chi connectivity index (χ0n) is 12.9. The second-order valence-electron chi connectivity index (χ2n) is 5.70. The van der Waals surface area contributed by atoms with Crippen LogP contribution in [0.25, 0.3) is 0 Å². The number of rotatable bonds is 2. The van der Waals surface area contributed by atoms with Crippen molar-refractivity contribution >= 4 is 35.6 Å². The molecule has 5 nitrogen and oxygen atoms in total. The first-order valence-corrected chi connectivity index (χ1v) is 7.29. The van der Waals surface area contributed by atoms with Crippen LogP contribution in [0.4, 0.5) is 5.69 Å². The minimum Gasteiger partial charge on any atom is -0.370 e. The van der Waals surface area contributed by atoms with Crippen LogP contribution >= 0.6 is 24.0 Å². The van der Waals surface area contributed by atoms with Gasteiger partial charge in [-0.15, -0.1) is 24.0 Å². The van der Waals surface area contributed by atoms with E-state index >= 15 is 0 Å². The minimum absolute atomic E-state index is 0. The van der Waals surface area contributed by atoms with Crippen molar-refractivity contribution in [2.75, 3.05) is 5.32 Å². The number of hydrogen-bond acceptors (Lipinski definition) is 2. The number of nitrogens with two attached hydrogens (primary N) is 1. The van der Waals surface area contributed by atoms with Gasteiger partial charge >= 0.3 is 0 Å². The standard InChI is InChI=1S/C16H21N5.HI/c1-11-7-12(2)9-14(8-11)20-16(17)19-13-3-5-21-6-4-18-15(21)10-13;/h4,6-9,13H,3,5,10H2,1-2H3,(H3,17,19,20);1H. The van der Waals surface area contributed by atoms with E-state index in [1.54, 1.807) is 0 Å². The fourth-order valence-corrected chi connectivity index (χ4v) is 2.87. The van der Waals surface area contributed by atoms with E-state index in [4.69, 9.17) is 5.73 Å². The molecule has 0 aliphatic carbocycles. The van der Waals surface area contributed by atoms with Crippen LogP contribution in [0.5, 0.6) is 0 Å². The van der Waals surface area contributed by atoms with Crippen LogP contribution in [0.1, 0.15) is 23.4 Å². The monoisotopic (exact) mass is 411 g/mol. The van der Waals surface area contributed by atoms with Crippen LogP contribution < -0.4 is 11.1 Å². The summed E-state index contributed by atoms with van der Waals surface area (Å²) in [6.45, 7) is 5.11. The number of aliphatic imine (C=N–C) groups is 1. The Morgan fingerprint density at radius 2 is 2.05 bits per heavy atom. The first-order valence-electron chi connectivity index (χ1n) is 7.29. The maximum absolute atomic E-state index is 6.04. The molecule has 2 heterocycles. The number of hydrogen-bond donors (Lipinski definition) is 2. The Hall–Kier alpha value is -1.57. The number of nitrogens with zero attached hydrogens (tertiary/aromatic N) is 3. The zero-order valence-corrected chi connectivity index (χ0v) is 15.2. The summed E-state index contributed by atoms with van der Waals surface area (Å²) in [5.74, 6) is 1.57. The molecule has 1 aromatic heterocycles. The van der Waals surface area contributed by atoms with Crippen molar-refractivity contribution < 1.29 is 0 Å². The number of anilines is 1. The summed E-state index contributed by atoms with van der Waals surface area (Å²) in [7, 11) is 0. The number of guanidine groups is 1. The van der Waals surface area contributed by atoms with Gasteiger partial charge in [0.25, 0.3) is 0 Å². The molecular weight excluding hydrogens is 389 g/mol. The molecule has 1 aromatic carbocycles. The normalized spacial score (nSPS) is 17.5. The molecule has 118 valence electrons. The quantitative estimate of drug-likeness (QED) is 0.454. The minimum atomic E-state index is 0. The van der Waals surface area contributed by atoms with E-state index in [9.17, 15) is 0 Å². The molecule has 3 rings (SSSR count). The number of nitrogens with one attached hydrogen (secondary N) is 1. The van der Waals surface area contributed by atoms with Gasteiger partial charge in [-0.25, -0.2) is 9.98 Å². The van der Waals surface area contributed by atoms with Gasteiger partial charge in [0.05, 0.1) is 6.04 Å². The van der Waals surface area contributed by atoms with Gasteiger partial charge in [-0.3, -0.25) is 0 Å². The maximum atomic E-state index is 6.04. The van der Waals surface area contributed by atoms with Gasteiger partial charge in [-0.1, -0.05) is 6.07 Å². The summed E-state index contributed by atoms with van der Waals surface area (Å²) < 4.78 is 2.18. The molecule has 0 spiro atoms. The molecule has 6 heteroatoms. The van der Waals surface area contributed by atoms with Crippen molar-refractivity contribution in [1.82, 2.24) is 9.55 Å².